The summed E-state index contributed by atoms with van der Waals surface area (Å²) >= 11 is 0. The van der Waals surface area contributed by atoms with E-state index in [4.69, 9.17) is 5.73 Å². The molecule has 1 fully saturated rings. The molecule has 2 heteroatoms. The van der Waals surface area contributed by atoms with Crippen molar-refractivity contribution in [3.05, 3.63) is 0 Å². The highest BCUT2D eigenvalue weighted by molar-refractivity contribution is 5.85. The second-order valence-corrected chi connectivity index (χ2v) is 3.43. The van der Waals surface area contributed by atoms with Crippen LogP contribution in [0, 0.1) is 11.8 Å². The third-order valence-corrected chi connectivity index (χ3v) is 2.77. The lowest BCUT2D eigenvalue weighted by Gasteiger charge is -2.31. The van der Waals surface area contributed by atoms with Gasteiger partial charge in [-0.1, -0.05) is 26.7 Å². The molecule has 62 valence electrons. The maximum Gasteiger partial charge on any atom is 0.00670 e. The quantitative estimate of drug-likeness (QED) is 0.582. The van der Waals surface area contributed by atoms with Crippen LogP contribution in [0.3, 0.4) is 0 Å². The molecule has 10 heavy (non-hydrogen) atoms. The van der Waals surface area contributed by atoms with Gasteiger partial charge in [-0.15, -0.1) is 12.4 Å². The highest BCUT2D eigenvalue weighted by Gasteiger charge is 2.23. The molecule has 1 saturated carbocycles. The smallest absolute Gasteiger partial charge is 0.00670 e. The van der Waals surface area contributed by atoms with E-state index in [0.717, 1.165) is 11.8 Å². The second kappa shape index (κ2) is 4.20. The molecule has 0 aromatic carbocycles. The average Bonchev–Trinajstić information content (AvgIpc) is 1.83. The molecule has 1 aliphatic carbocycles. The first-order chi connectivity index (χ1) is 4.22. The van der Waals surface area contributed by atoms with E-state index in [-0.39, 0.29) is 12.4 Å². The fraction of sp³-hybridized carbons (Fsp3) is 1.00. The van der Waals surface area contributed by atoms with Crippen LogP contribution in [-0.4, -0.2) is 6.04 Å². The van der Waals surface area contributed by atoms with Gasteiger partial charge in [-0.25, -0.2) is 0 Å². The number of hydrogen-bond acceptors (Lipinski definition) is 1. The van der Waals surface area contributed by atoms with Gasteiger partial charge in [0, 0.05) is 6.04 Å². The minimum Gasteiger partial charge on any atom is -0.327 e. The lowest BCUT2D eigenvalue weighted by Crippen LogP contribution is -2.35. The van der Waals surface area contributed by atoms with Crippen LogP contribution in [0.5, 0.6) is 0 Å². The van der Waals surface area contributed by atoms with Crippen molar-refractivity contribution in [1.29, 1.82) is 0 Å². The largest absolute Gasteiger partial charge is 0.327 e. The molecule has 0 aliphatic heterocycles. The molecule has 0 radical (unpaired) electrons. The van der Waals surface area contributed by atoms with Gasteiger partial charge in [0.15, 0.2) is 0 Å². The first-order valence-corrected chi connectivity index (χ1v) is 3.97. The molecule has 0 amide bonds. The van der Waals surface area contributed by atoms with Crippen LogP contribution >= 0.6 is 12.4 Å². The van der Waals surface area contributed by atoms with E-state index in [0.29, 0.717) is 6.04 Å². The van der Waals surface area contributed by atoms with Crippen molar-refractivity contribution in [2.24, 2.45) is 17.6 Å². The molecule has 0 heterocycles. The van der Waals surface area contributed by atoms with E-state index in [2.05, 4.69) is 13.8 Å². The average molecular weight is 164 g/mol. The normalized spacial score (nSPS) is 40.5. The van der Waals surface area contributed by atoms with Crippen LogP contribution in [-0.2, 0) is 0 Å². The minimum atomic E-state index is 0. The molecule has 0 spiro atoms. The van der Waals surface area contributed by atoms with Gasteiger partial charge in [0.05, 0.1) is 0 Å². The van der Waals surface area contributed by atoms with Crippen molar-refractivity contribution < 1.29 is 0 Å². The Hall–Kier alpha value is 0.250. The standard InChI is InChI=1S/C8H17N.ClH/c1-6-4-3-5-8(9)7(6)2;/h6-8H,3-5,9H2,1-2H3;1H/t6-,7+,8-;/m1./s1. The molecule has 1 nitrogen and oxygen atoms in total. The van der Waals surface area contributed by atoms with Gasteiger partial charge in [-0.2, -0.15) is 0 Å². The zero-order valence-electron chi connectivity index (χ0n) is 6.84. The predicted octanol–water partition coefficient (Wildman–Crippen LogP) is 2.19. The predicted molar refractivity (Wildman–Crippen MR) is 47.4 cm³/mol. The van der Waals surface area contributed by atoms with Gasteiger partial charge in [-0.05, 0) is 18.3 Å². The lowest BCUT2D eigenvalue weighted by atomic mass is 9.78. The molecule has 1 aliphatic rings. The second-order valence-electron chi connectivity index (χ2n) is 3.43. The van der Waals surface area contributed by atoms with Gasteiger partial charge in [0.1, 0.15) is 0 Å². The van der Waals surface area contributed by atoms with Crippen LogP contribution in [0.4, 0.5) is 0 Å². The lowest BCUT2D eigenvalue weighted by molar-refractivity contribution is 0.240. The van der Waals surface area contributed by atoms with E-state index in [1.54, 1.807) is 0 Å². The summed E-state index contributed by atoms with van der Waals surface area (Å²) in [7, 11) is 0. The molecule has 2 N–H and O–H groups in total. The summed E-state index contributed by atoms with van der Waals surface area (Å²) in [6.07, 6.45) is 3.97. The van der Waals surface area contributed by atoms with Crippen molar-refractivity contribution in [1.82, 2.24) is 0 Å². The van der Waals surface area contributed by atoms with Gasteiger partial charge < -0.3 is 5.73 Å². The Bertz CT molecular complexity index is 85.3. The molecular formula is C8H18ClN. The maximum absolute atomic E-state index is 5.87. The molecular weight excluding hydrogens is 146 g/mol. The monoisotopic (exact) mass is 163 g/mol. The third kappa shape index (κ3) is 2.14. The van der Waals surface area contributed by atoms with Gasteiger partial charge in [0.2, 0.25) is 0 Å². The Morgan fingerprint density at radius 2 is 1.80 bits per heavy atom. The van der Waals surface area contributed by atoms with Crippen molar-refractivity contribution in [3.63, 3.8) is 0 Å². The van der Waals surface area contributed by atoms with Gasteiger partial charge in [0.25, 0.3) is 0 Å². The SMILES string of the molecule is C[C@H]1[C@H](C)CCC[C@H]1N.Cl. The van der Waals surface area contributed by atoms with Crippen LogP contribution in [0.1, 0.15) is 33.1 Å². The Kier molecular flexibility index (Phi) is 4.30. The van der Waals surface area contributed by atoms with E-state index >= 15 is 0 Å². The summed E-state index contributed by atoms with van der Waals surface area (Å²) in [4.78, 5) is 0. The van der Waals surface area contributed by atoms with Crippen LogP contribution in [0.15, 0.2) is 0 Å². The topological polar surface area (TPSA) is 26.0 Å². The number of hydrogen-bond donors (Lipinski definition) is 1. The number of nitrogens with two attached hydrogens (primary N) is 1. The number of rotatable bonds is 0. The Labute approximate surface area is 69.8 Å². The van der Waals surface area contributed by atoms with E-state index in [1.165, 1.54) is 19.3 Å². The van der Waals surface area contributed by atoms with E-state index < -0.39 is 0 Å². The molecule has 0 aromatic heterocycles. The first-order valence-electron chi connectivity index (χ1n) is 3.97. The molecule has 0 unspecified atom stereocenters. The highest BCUT2D eigenvalue weighted by Crippen LogP contribution is 2.27. The van der Waals surface area contributed by atoms with Gasteiger partial charge in [-0.3, -0.25) is 0 Å². The molecule has 0 bridgehead atoms. The zero-order valence-corrected chi connectivity index (χ0v) is 7.66. The van der Waals surface area contributed by atoms with Crippen LogP contribution in [0.25, 0.3) is 0 Å². The maximum atomic E-state index is 5.87. The highest BCUT2D eigenvalue weighted by atomic mass is 35.5. The summed E-state index contributed by atoms with van der Waals surface area (Å²) in [5.41, 5.74) is 5.87. The zero-order chi connectivity index (χ0) is 6.85. The van der Waals surface area contributed by atoms with E-state index in [1.807, 2.05) is 0 Å². The fourth-order valence-corrected chi connectivity index (χ4v) is 1.62. The summed E-state index contributed by atoms with van der Waals surface area (Å²) in [6.45, 7) is 4.58. The summed E-state index contributed by atoms with van der Waals surface area (Å²) < 4.78 is 0. The van der Waals surface area contributed by atoms with Crippen molar-refractivity contribution in [3.8, 4) is 0 Å². The fourth-order valence-electron chi connectivity index (χ4n) is 1.62. The number of halogens is 1. The Morgan fingerprint density at radius 1 is 1.20 bits per heavy atom. The Morgan fingerprint density at radius 3 is 2.20 bits per heavy atom. The van der Waals surface area contributed by atoms with Crippen molar-refractivity contribution in [2.45, 2.75) is 39.2 Å². The summed E-state index contributed by atoms with van der Waals surface area (Å²) in [5, 5.41) is 0. The van der Waals surface area contributed by atoms with Gasteiger partial charge >= 0.3 is 0 Å². The minimum absolute atomic E-state index is 0. The van der Waals surface area contributed by atoms with Crippen LogP contribution in [0.2, 0.25) is 0 Å². The summed E-state index contributed by atoms with van der Waals surface area (Å²) in [6, 6.07) is 0.480. The van der Waals surface area contributed by atoms with Crippen LogP contribution < -0.4 is 5.73 Å². The van der Waals surface area contributed by atoms with E-state index in [9.17, 15) is 0 Å². The molecule has 1 rings (SSSR count). The summed E-state index contributed by atoms with van der Waals surface area (Å²) in [5.74, 6) is 1.60. The van der Waals surface area contributed by atoms with Crippen molar-refractivity contribution in [2.75, 3.05) is 0 Å². The Balaban J connectivity index is 0.000000810. The molecule has 0 aromatic rings. The van der Waals surface area contributed by atoms with Crippen molar-refractivity contribution >= 4 is 12.4 Å². The third-order valence-electron chi connectivity index (χ3n) is 2.77. The molecule has 0 saturated heterocycles. The first kappa shape index (κ1) is 10.2. The molecule has 3 atom stereocenters.